The summed E-state index contributed by atoms with van der Waals surface area (Å²) in [6.07, 6.45) is 5.17. The molecular formula is C21H22N4OS. The summed E-state index contributed by atoms with van der Waals surface area (Å²) in [7, 11) is 0. The van der Waals surface area contributed by atoms with Crippen molar-refractivity contribution < 1.29 is 4.79 Å². The Kier molecular flexibility index (Phi) is 5.16. The first-order valence-corrected chi connectivity index (χ1v) is 10.4. The van der Waals surface area contributed by atoms with Crippen LogP contribution in [0.1, 0.15) is 23.9 Å². The van der Waals surface area contributed by atoms with Crippen molar-refractivity contribution in [2.24, 2.45) is 0 Å². The molecule has 0 aliphatic carbocycles. The SMILES string of the molecule is CSCC[C@H](NC(=O)Cc1c[nH]c2ccccc12)c1nc2ccccc2[nH]1. The van der Waals surface area contributed by atoms with Crippen LogP contribution in [0.3, 0.4) is 0 Å². The molecule has 1 amide bonds. The number of carbonyl (C=O) groups is 1. The van der Waals surface area contributed by atoms with Crippen LogP contribution in [0.4, 0.5) is 0 Å². The van der Waals surface area contributed by atoms with Crippen LogP contribution in [0.15, 0.2) is 54.7 Å². The monoisotopic (exact) mass is 378 g/mol. The van der Waals surface area contributed by atoms with Gasteiger partial charge in [0.2, 0.25) is 5.91 Å². The lowest BCUT2D eigenvalue weighted by Gasteiger charge is -2.16. The number of benzene rings is 2. The molecule has 0 saturated carbocycles. The number of nitrogens with zero attached hydrogens (tertiary/aromatic N) is 1. The quantitative estimate of drug-likeness (QED) is 0.451. The van der Waals surface area contributed by atoms with Crippen molar-refractivity contribution in [3.05, 3.63) is 66.1 Å². The Morgan fingerprint density at radius 1 is 1.15 bits per heavy atom. The molecule has 4 aromatic rings. The van der Waals surface area contributed by atoms with Crippen molar-refractivity contribution in [3.8, 4) is 0 Å². The van der Waals surface area contributed by atoms with Gasteiger partial charge in [-0.1, -0.05) is 30.3 Å². The highest BCUT2D eigenvalue weighted by Crippen LogP contribution is 2.22. The molecule has 2 aromatic heterocycles. The van der Waals surface area contributed by atoms with Gasteiger partial charge in [0.25, 0.3) is 0 Å². The number of thioether (sulfide) groups is 1. The van der Waals surface area contributed by atoms with E-state index in [2.05, 4.69) is 26.5 Å². The zero-order valence-electron chi connectivity index (χ0n) is 15.2. The third-order valence-electron chi connectivity index (χ3n) is 4.71. The molecule has 3 N–H and O–H groups in total. The number of aromatic nitrogens is 3. The lowest BCUT2D eigenvalue weighted by atomic mass is 10.1. The van der Waals surface area contributed by atoms with Crippen molar-refractivity contribution in [2.75, 3.05) is 12.0 Å². The van der Waals surface area contributed by atoms with E-state index in [9.17, 15) is 4.79 Å². The number of para-hydroxylation sites is 3. The molecule has 4 rings (SSSR count). The van der Waals surface area contributed by atoms with Gasteiger partial charge in [0.05, 0.1) is 23.5 Å². The van der Waals surface area contributed by atoms with E-state index in [0.29, 0.717) is 6.42 Å². The average Bonchev–Trinajstić information content (AvgIpc) is 3.29. The highest BCUT2D eigenvalue weighted by Gasteiger charge is 2.19. The lowest BCUT2D eigenvalue weighted by Crippen LogP contribution is -2.31. The van der Waals surface area contributed by atoms with Crippen molar-refractivity contribution >= 4 is 39.6 Å². The van der Waals surface area contributed by atoms with Crippen LogP contribution < -0.4 is 5.32 Å². The summed E-state index contributed by atoms with van der Waals surface area (Å²) in [5, 5.41) is 4.27. The average molecular weight is 379 g/mol. The highest BCUT2D eigenvalue weighted by molar-refractivity contribution is 7.98. The third-order valence-corrected chi connectivity index (χ3v) is 5.35. The Bertz CT molecular complexity index is 1040. The number of amides is 1. The number of nitrogens with one attached hydrogen (secondary N) is 3. The van der Waals surface area contributed by atoms with Gasteiger partial charge in [0.1, 0.15) is 5.82 Å². The molecular weight excluding hydrogens is 356 g/mol. The molecule has 2 heterocycles. The topological polar surface area (TPSA) is 73.6 Å². The van der Waals surface area contributed by atoms with Gasteiger partial charge < -0.3 is 15.3 Å². The minimum atomic E-state index is -0.123. The fourth-order valence-corrected chi connectivity index (χ4v) is 3.82. The molecule has 0 unspecified atom stereocenters. The molecule has 27 heavy (non-hydrogen) atoms. The molecule has 0 spiro atoms. The Hall–Kier alpha value is -2.73. The summed E-state index contributed by atoms with van der Waals surface area (Å²) >= 11 is 1.77. The largest absolute Gasteiger partial charge is 0.361 e. The third kappa shape index (κ3) is 3.85. The molecule has 1 atom stereocenters. The molecule has 5 nitrogen and oxygen atoms in total. The van der Waals surface area contributed by atoms with Crippen LogP contribution in [-0.4, -0.2) is 32.9 Å². The predicted molar refractivity (Wildman–Crippen MR) is 112 cm³/mol. The summed E-state index contributed by atoms with van der Waals surface area (Å²) in [6.45, 7) is 0. The number of rotatable bonds is 7. The number of imidazole rings is 1. The summed E-state index contributed by atoms with van der Waals surface area (Å²) in [5.74, 6) is 1.78. The van der Waals surface area contributed by atoms with E-state index in [4.69, 9.17) is 0 Å². The number of aromatic amines is 2. The van der Waals surface area contributed by atoms with E-state index >= 15 is 0 Å². The Morgan fingerprint density at radius 2 is 1.93 bits per heavy atom. The molecule has 2 aromatic carbocycles. The highest BCUT2D eigenvalue weighted by atomic mass is 32.2. The first-order valence-electron chi connectivity index (χ1n) is 9.02. The normalized spacial score (nSPS) is 12.5. The second-order valence-corrected chi connectivity index (χ2v) is 7.56. The van der Waals surface area contributed by atoms with E-state index in [0.717, 1.165) is 45.5 Å². The van der Waals surface area contributed by atoms with Crippen molar-refractivity contribution in [1.82, 2.24) is 20.3 Å². The Labute approximate surface area is 162 Å². The van der Waals surface area contributed by atoms with Gasteiger partial charge in [-0.3, -0.25) is 4.79 Å². The second kappa shape index (κ2) is 7.88. The van der Waals surface area contributed by atoms with Crippen LogP contribution in [0.2, 0.25) is 0 Å². The van der Waals surface area contributed by atoms with Crippen LogP contribution >= 0.6 is 11.8 Å². The zero-order valence-corrected chi connectivity index (χ0v) is 16.0. The van der Waals surface area contributed by atoms with Gasteiger partial charge in [-0.2, -0.15) is 11.8 Å². The Morgan fingerprint density at radius 3 is 2.74 bits per heavy atom. The maximum absolute atomic E-state index is 12.7. The molecule has 138 valence electrons. The van der Waals surface area contributed by atoms with E-state index < -0.39 is 0 Å². The molecule has 0 saturated heterocycles. The number of fused-ring (bicyclic) bond motifs is 2. The summed E-state index contributed by atoms with van der Waals surface area (Å²) in [5.41, 5.74) is 3.98. The number of hydrogen-bond donors (Lipinski definition) is 3. The smallest absolute Gasteiger partial charge is 0.225 e. The molecule has 0 fully saturated rings. The van der Waals surface area contributed by atoms with E-state index in [-0.39, 0.29) is 11.9 Å². The maximum atomic E-state index is 12.7. The van der Waals surface area contributed by atoms with Gasteiger partial charge in [-0.15, -0.1) is 0 Å². The number of H-pyrrole nitrogens is 2. The van der Waals surface area contributed by atoms with Crippen molar-refractivity contribution in [3.63, 3.8) is 0 Å². The standard InChI is InChI=1S/C21H22N4OS/c1-27-11-10-19(21-24-17-8-4-5-9-18(17)25-21)23-20(26)12-14-13-22-16-7-3-2-6-15(14)16/h2-9,13,19,22H,10-12H2,1H3,(H,23,26)(H,24,25)/t19-/m0/s1. The van der Waals surface area contributed by atoms with E-state index in [1.54, 1.807) is 11.8 Å². The molecule has 6 heteroatoms. The van der Waals surface area contributed by atoms with Gasteiger partial charge in [-0.25, -0.2) is 4.98 Å². The van der Waals surface area contributed by atoms with Crippen molar-refractivity contribution in [1.29, 1.82) is 0 Å². The Balaban J connectivity index is 1.53. The summed E-state index contributed by atoms with van der Waals surface area (Å²) in [4.78, 5) is 24.0. The molecule has 0 aliphatic heterocycles. The fourth-order valence-electron chi connectivity index (χ4n) is 3.35. The van der Waals surface area contributed by atoms with E-state index in [1.165, 1.54) is 0 Å². The van der Waals surface area contributed by atoms with Crippen LogP contribution in [0, 0.1) is 0 Å². The number of carbonyl (C=O) groups excluding carboxylic acids is 1. The second-order valence-electron chi connectivity index (χ2n) is 6.58. The molecule has 0 bridgehead atoms. The van der Waals surface area contributed by atoms with Crippen LogP contribution in [0.5, 0.6) is 0 Å². The molecule has 0 radical (unpaired) electrons. The first kappa shape index (κ1) is 17.7. The zero-order chi connectivity index (χ0) is 18.6. The fraction of sp³-hybridized carbons (Fsp3) is 0.238. The van der Waals surface area contributed by atoms with Gasteiger partial charge >= 0.3 is 0 Å². The van der Waals surface area contributed by atoms with Crippen LogP contribution in [-0.2, 0) is 11.2 Å². The van der Waals surface area contributed by atoms with Crippen LogP contribution in [0.25, 0.3) is 21.9 Å². The lowest BCUT2D eigenvalue weighted by molar-refractivity contribution is -0.121. The minimum Gasteiger partial charge on any atom is -0.361 e. The first-order chi connectivity index (χ1) is 13.2. The maximum Gasteiger partial charge on any atom is 0.225 e. The van der Waals surface area contributed by atoms with Gasteiger partial charge in [-0.05, 0) is 42.2 Å². The van der Waals surface area contributed by atoms with E-state index in [1.807, 2.05) is 54.7 Å². The minimum absolute atomic E-state index is 0.00584. The molecule has 0 aliphatic rings. The van der Waals surface area contributed by atoms with Gasteiger partial charge in [0, 0.05) is 17.1 Å². The summed E-state index contributed by atoms with van der Waals surface area (Å²) in [6, 6.07) is 15.9. The number of hydrogen-bond acceptors (Lipinski definition) is 3. The predicted octanol–water partition coefficient (Wildman–Crippen LogP) is 4.20. The summed E-state index contributed by atoms with van der Waals surface area (Å²) < 4.78 is 0. The van der Waals surface area contributed by atoms with Crippen molar-refractivity contribution in [2.45, 2.75) is 18.9 Å². The van der Waals surface area contributed by atoms with Gasteiger partial charge in [0.15, 0.2) is 0 Å².